The van der Waals surface area contributed by atoms with E-state index in [-0.39, 0.29) is 16.7 Å². The van der Waals surface area contributed by atoms with Gasteiger partial charge >= 0.3 is 5.69 Å². The smallest absolute Gasteiger partial charge is 0.311 e. The molecule has 1 aliphatic rings. The summed E-state index contributed by atoms with van der Waals surface area (Å²) >= 11 is 0. The van der Waals surface area contributed by atoms with E-state index in [4.69, 9.17) is 4.74 Å². The number of nitrogens with one attached hydrogen (secondary N) is 1. The van der Waals surface area contributed by atoms with Gasteiger partial charge in [0.2, 0.25) is 0 Å². The average Bonchev–Trinajstić information content (AvgIpc) is 2.49. The lowest BCUT2D eigenvalue weighted by Gasteiger charge is -2.34. The Morgan fingerprint density at radius 2 is 2.15 bits per heavy atom. The summed E-state index contributed by atoms with van der Waals surface area (Å²) in [7, 11) is 1.45. The van der Waals surface area contributed by atoms with Crippen LogP contribution >= 0.6 is 0 Å². The quantitative estimate of drug-likeness (QED) is 0.659. The predicted molar refractivity (Wildman–Crippen MR) is 77.1 cm³/mol. The van der Waals surface area contributed by atoms with E-state index < -0.39 is 0 Å². The van der Waals surface area contributed by atoms with Gasteiger partial charge in [-0.05, 0) is 18.1 Å². The molecule has 1 heterocycles. The molecule has 0 unspecified atom stereocenters. The molecule has 2 rings (SSSR count). The van der Waals surface area contributed by atoms with Crippen molar-refractivity contribution in [1.82, 2.24) is 10.2 Å². The monoisotopic (exact) mass is 279 g/mol. The van der Waals surface area contributed by atoms with E-state index >= 15 is 0 Å². The summed E-state index contributed by atoms with van der Waals surface area (Å²) in [6, 6.07) is 5.50. The fourth-order valence-electron chi connectivity index (χ4n) is 2.76. The number of nitro benzene ring substituents is 1. The van der Waals surface area contributed by atoms with Crippen LogP contribution in [0.2, 0.25) is 0 Å². The van der Waals surface area contributed by atoms with Crippen LogP contribution in [-0.4, -0.2) is 43.1 Å². The SMILES string of the molecule is CC[C@@H](c1ccc(OC)c([N+](=O)[O-])c1)N1CCNCC1. The van der Waals surface area contributed by atoms with Crippen molar-refractivity contribution in [1.29, 1.82) is 0 Å². The topological polar surface area (TPSA) is 67.6 Å². The zero-order chi connectivity index (χ0) is 14.5. The number of nitro groups is 1. The summed E-state index contributed by atoms with van der Waals surface area (Å²) in [5.41, 5.74) is 1.03. The molecule has 0 amide bonds. The Balaban J connectivity index is 2.29. The van der Waals surface area contributed by atoms with E-state index in [2.05, 4.69) is 17.1 Å². The number of hydrogen-bond donors (Lipinski definition) is 1. The van der Waals surface area contributed by atoms with E-state index in [9.17, 15) is 10.1 Å². The minimum Gasteiger partial charge on any atom is -0.490 e. The Kier molecular flexibility index (Phi) is 4.92. The van der Waals surface area contributed by atoms with Gasteiger partial charge in [0.15, 0.2) is 5.75 Å². The highest BCUT2D eigenvalue weighted by molar-refractivity contribution is 5.49. The molecular weight excluding hydrogens is 258 g/mol. The van der Waals surface area contributed by atoms with Crippen molar-refractivity contribution < 1.29 is 9.66 Å². The standard InChI is InChI=1S/C14H21N3O3/c1-3-12(16-8-6-15-7-9-16)11-4-5-14(20-2)13(10-11)17(18)19/h4-5,10,12,15H,3,6-9H2,1-2H3/t12-/m0/s1. The molecule has 0 aliphatic carbocycles. The Morgan fingerprint density at radius 3 is 2.70 bits per heavy atom. The lowest BCUT2D eigenvalue weighted by atomic mass is 10.0. The Labute approximate surface area is 118 Å². The van der Waals surface area contributed by atoms with Crippen LogP contribution < -0.4 is 10.1 Å². The van der Waals surface area contributed by atoms with Crippen molar-refractivity contribution in [2.45, 2.75) is 19.4 Å². The van der Waals surface area contributed by atoms with Crippen molar-refractivity contribution >= 4 is 5.69 Å². The van der Waals surface area contributed by atoms with Crippen molar-refractivity contribution in [2.24, 2.45) is 0 Å². The van der Waals surface area contributed by atoms with Crippen molar-refractivity contribution in [3.63, 3.8) is 0 Å². The first-order chi connectivity index (χ1) is 9.67. The van der Waals surface area contributed by atoms with Gasteiger partial charge in [-0.15, -0.1) is 0 Å². The molecular formula is C14H21N3O3. The van der Waals surface area contributed by atoms with Gasteiger partial charge in [0.1, 0.15) is 0 Å². The molecule has 1 saturated heterocycles. The zero-order valence-corrected chi connectivity index (χ0v) is 12.0. The Hall–Kier alpha value is -1.66. The normalized spacial score (nSPS) is 17.7. The molecule has 0 radical (unpaired) electrons. The van der Waals surface area contributed by atoms with Gasteiger partial charge in [-0.1, -0.05) is 13.0 Å². The second kappa shape index (κ2) is 6.67. The lowest BCUT2D eigenvalue weighted by molar-refractivity contribution is -0.385. The molecule has 6 nitrogen and oxygen atoms in total. The van der Waals surface area contributed by atoms with E-state index in [0.717, 1.165) is 38.2 Å². The van der Waals surface area contributed by atoms with Crippen LogP contribution in [0, 0.1) is 10.1 Å². The summed E-state index contributed by atoms with van der Waals surface area (Å²) in [4.78, 5) is 13.1. The second-order valence-corrected chi connectivity index (χ2v) is 4.90. The van der Waals surface area contributed by atoms with Crippen LogP contribution in [0.25, 0.3) is 0 Å². The third-order valence-corrected chi connectivity index (χ3v) is 3.76. The van der Waals surface area contributed by atoms with Gasteiger partial charge in [-0.3, -0.25) is 15.0 Å². The number of benzene rings is 1. The molecule has 1 aliphatic heterocycles. The number of methoxy groups -OCH3 is 1. The number of rotatable bonds is 5. The summed E-state index contributed by atoms with van der Waals surface area (Å²) in [6.07, 6.45) is 0.934. The Morgan fingerprint density at radius 1 is 1.45 bits per heavy atom. The van der Waals surface area contributed by atoms with Gasteiger partial charge in [-0.25, -0.2) is 0 Å². The minimum atomic E-state index is -0.382. The molecule has 20 heavy (non-hydrogen) atoms. The van der Waals surface area contributed by atoms with Gasteiger partial charge in [0.25, 0.3) is 0 Å². The van der Waals surface area contributed by atoms with Crippen molar-refractivity contribution in [3.05, 3.63) is 33.9 Å². The summed E-state index contributed by atoms with van der Waals surface area (Å²) in [5.74, 6) is 0.314. The highest BCUT2D eigenvalue weighted by atomic mass is 16.6. The average molecular weight is 279 g/mol. The van der Waals surface area contributed by atoms with E-state index in [1.807, 2.05) is 6.07 Å². The number of nitrogens with zero attached hydrogens (tertiary/aromatic N) is 2. The van der Waals surface area contributed by atoms with Gasteiger partial charge < -0.3 is 10.1 Å². The van der Waals surface area contributed by atoms with Crippen LogP contribution in [0.15, 0.2) is 18.2 Å². The van der Waals surface area contributed by atoms with Gasteiger partial charge in [0.05, 0.1) is 12.0 Å². The van der Waals surface area contributed by atoms with E-state index in [0.29, 0.717) is 5.75 Å². The number of hydrogen-bond acceptors (Lipinski definition) is 5. The summed E-state index contributed by atoms with van der Waals surface area (Å²) in [5, 5.41) is 14.4. The Bertz CT molecular complexity index is 473. The van der Waals surface area contributed by atoms with Gasteiger partial charge in [-0.2, -0.15) is 0 Å². The van der Waals surface area contributed by atoms with E-state index in [1.165, 1.54) is 7.11 Å². The molecule has 0 saturated carbocycles. The molecule has 1 aromatic carbocycles. The molecule has 110 valence electrons. The summed E-state index contributed by atoms with van der Waals surface area (Å²) < 4.78 is 5.06. The summed E-state index contributed by atoms with van der Waals surface area (Å²) in [6.45, 7) is 5.99. The predicted octanol–water partition coefficient (Wildman–Crippen LogP) is 1.96. The molecule has 1 aromatic rings. The third kappa shape index (κ3) is 3.08. The number of piperazine rings is 1. The minimum absolute atomic E-state index is 0.0404. The highest BCUT2D eigenvalue weighted by Crippen LogP contribution is 2.33. The van der Waals surface area contributed by atoms with Gasteiger partial charge in [0, 0.05) is 38.3 Å². The second-order valence-electron chi connectivity index (χ2n) is 4.90. The lowest BCUT2D eigenvalue weighted by Crippen LogP contribution is -2.45. The van der Waals surface area contributed by atoms with Crippen molar-refractivity contribution in [3.8, 4) is 5.75 Å². The van der Waals surface area contributed by atoms with Crippen LogP contribution in [0.5, 0.6) is 5.75 Å². The van der Waals surface area contributed by atoms with Crippen molar-refractivity contribution in [2.75, 3.05) is 33.3 Å². The molecule has 0 spiro atoms. The maximum Gasteiger partial charge on any atom is 0.311 e. The largest absolute Gasteiger partial charge is 0.490 e. The third-order valence-electron chi connectivity index (χ3n) is 3.76. The molecule has 0 aromatic heterocycles. The molecule has 6 heteroatoms. The van der Waals surface area contributed by atoms with Crippen LogP contribution in [0.4, 0.5) is 5.69 Å². The molecule has 0 bridgehead atoms. The van der Waals surface area contributed by atoms with Crippen LogP contribution in [0.1, 0.15) is 24.9 Å². The number of ether oxygens (including phenoxy) is 1. The highest BCUT2D eigenvalue weighted by Gasteiger charge is 2.24. The van der Waals surface area contributed by atoms with Crippen LogP contribution in [-0.2, 0) is 0 Å². The first kappa shape index (κ1) is 14.7. The fourth-order valence-corrected chi connectivity index (χ4v) is 2.76. The molecule has 1 N–H and O–H groups in total. The first-order valence-corrected chi connectivity index (χ1v) is 6.94. The van der Waals surface area contributed by atoms with Crippen LogP contribution in [0.3, 0.4) is 0 Å². The maximum atomic E-state index is 11.1. The van der Waals surface area contributed by atoms with E-state index in [1.54, 1.807) is 12.1 Å². The fraction of sp³-hybridized carbons (Fsp3) is 0.571. The zero-order valence-electron chi connectivity index (χ0n) is 12.0. The molecule has 1 fully saturated rings. The maximum absolute atomic E-state index is 11.1. The first-order valence-electron chi connectivity index (χ1n) is 6.94. The molecule has 1 atom stereocenters.